The molecule has 2 rings (SSSR count). The van der Waals surface area contributed by atoms with Crippen LogP contribution in [0.15, 0.2) is 18.2 Å². The molecule has 0 saturated heterocycles. The minimum absolute atomic E-state index is 0.192. The van der Waals surface area contributed by atoms with Crippen molar-refractivity contribution in [3.63, 3.8) is 0 Å². The van der Waals surface area contributed by atoms with Gasteiger partial charge in [-0.3, -0.25) is 0 Å². The van der Waals surface area contributed by atoms with Gasteiger partial charge in [-0.1, -0.05) is 25.0 Å². The molecule has 4 heteroatoms. The van der Waals surface area contributed by atoms with Crippen LogP contribution < -0.4 is 5.32 Å². The molecule has 1 unspecified atom stereocenters. The van der Waals surface area contributed by atoms with E-state index in [9.17, 15) is 13.9 Å². The predicted octanol–water partition coefficient (Wildman–Crippen LogP) is 2.70. The summed E-state index contributed by atoms with van der Waals surface area (Å²) in [6, 6.07) is 4.35. The van der Waals surface area contributed by atoms with Gasteiger partial charge in [0.1, 0.15) is 0 Å². The summed E-state index contributed by atoms with van der Waals surface area (Å²) in [5.74, 6) is -1.75. The molecule has 0 amide bonds. The molecule has 100 valence electrons. The number of benzene rings is 1. The normalized spacial score (nSPS) is 20.0. The quantitative estimate of drug-likeness (QED) is 0.867. The summed E-state index contributed by atoms with van der Waals surface area (Å²) >= 11 is 0. The average Bonchev–Trinajstić information content (AvgIpc) is 2.85. The van der Waals surface area contributed by atoms with Gasteiger partial charge in [-0.15, -0.1) is 0 Å². The van der Waals surface area contributed by atoms with Gasteiger partial charge in [0, 0.05) is 11.6 Å². The Balaban J connectivity index is 2.27. The molecule has 0 spiro atoms. The summed E-state index contributed by atoms with van der Waals surface area (Å²) in [4.78, 5) is 0. The Morgan fingerprint density at radius 2 is 2.00 bits per heavy atom. The Kier molecular flexibility index (Phi) is 3.97. The molecule has 0 aliphatic heterocycles. The van der Waals surface area contributed by atoms with Crippen molar-refractivity contribution in [2.24, 2.45) is 0 Å². The first-order chi connectivity index (χ1) is 8.57. The van der Waals surface area contributed by atoms with Crippen LogP contribution in [0.25, 0.3) is 0 Å². The fourth-order valence-electron chi connectivity index (χ4n) is 2.66. The van der Waals surface area contributed by atoms with E-state index >= 15 is 0 Å². The maximum absolute atomic E-state index is 13.8. The molecule has 1 saturated carbocycles. The Morgan fingerprint density at radius 1 is 1.33 bits per heavy atom. The smallest absolute Gasteiger partial charge is 0.163 e. The molecule has 1 atom stereocenters. The van der Waals surface area contributed by atoms with E-state index < -0.39 is 17.2 Å². The van der Waals surface area contributed by atoms with Crippen LogP contribution in [0, 0.1) is 11.6 Å². The Labute approximate surface area is 106 Å². The molecule has 1 fully saturated rings. The van der Waals surface area contributed by atoms with Crippen molar-refractivity contribution < 1.29 is 13.9 Å². The van der Waals surface area contributed by atoms with Crippen molar-refractivity contribution in [3.05, 3.63) is 35.4 Å². The third-order valence-electron chi connectivity index (χ3n) is 3.74. The van der Waals surface area contributed by atoms with Gasteiger partial charge in [0.2, 0.25) is 0 Å². The SMILES string of the molecule is CC(CO)(NC1CCCC1)c1cccc(F)c1F. The Hall–Kier alpha value is -1.00. The zero-order chi connectivity index (χ0) is 13.2. The first-order valence-corrected chi connectivity index (χ1v) is 6.40. The van der Waals surface area contributed by atoms with Gasteiger partial charge in [0.25, 0.3) is 0 Å². The standard InChI is InChI=1S/C14H19F2NO/c1-14(9-18,17-10-5-2-3-6-10)11-7-4-8-12(15)13(11)16/h4,7-8,10,17-18H,2-3,5-6,9H2,1H3. The fourth-order valence-corrected chi connectivity index (χ4v) is 2.66. The van der Waals surface area contributed by atoms with Crippen molar-refractivity contribution >= 4 is 0 Å². The molecular formula is C14H19F2NO. The highest BCUT2D eigenvalue weighted by Crippen LogP contribution is 2.28. The van der Waals surface area contributed by atoms with Crippen LogP contribution >= 0.6 is 0 Å². The number of hydrogen-bond acceptors (Lipinski definition) is 2. The summed E-state index contributed by atoms with van der Waals surface area (Å²) in [6.07, 6.45) is 4.33. The van der Waals surface area contributed by atoms with E-state index in [2.05, 4.69) is 5.32 Å². The van der Waals surface area contributed by atoms with Gasteiger partial charge in [-0.25, -0.2) is 8.78 Å². The topological polar surface area (TPSA) is 32.3 Å². The maximum Gasteiger partial charge on any atom is 0.163 e. The second-order valence-electron chi connectivity index (χ2n) is 5.22. The lowest BCUT2D eigenvalue weighted by molar-refractivity contribution is 0.157. The van der Waals surface area contributed by atoms with Crippen LogP contribution in [0.2, 0.25) is 0 Å². The summed E-state index contributed by atoms with van der Waals surface area (Å²) in [5, 5.41) is 12.8. The highest BCUT2D eigenvalue weighted by atomic mass is 19.2. The molecule has 0 bridgehead atoms. The van der Waals surface area contributed by atoms with Gasteiger partial charge >= 0.3 is 0 Å². The number of aliphatic hydroxyl groups is 1. The summed E-state index contributed by atoms with van der Waals surface area (Å²) < 4.78 is 27.1. The molecule has 2 N–H and O–H groups in total. The van der Waals surface area contributed by atoms with Crippen LogP contribution in [0.3, 0.4) is 0 Å². The number of halogens is 2. The average molecular weight is 255 g/mol. The van der Waals surface area contributed by atoms with E-state index in [1.54, 1.807) is 6.92 Å². The van der Waals surface area contributed by atoms with Gasteiger partial charge in [-0.2, -0.15) is 0 Å². The molecule has 1 aromatic carbocycles. The van der Waals surface area contributed by atoms with E-state index in [0.29, 0.717) is 0 Å². The lowest BCUT2D eigenvalue weighted by Crippen LogP contribution is -2.48. The molecule has 1 aliphatic carbocycles. The van der Waals surface area contributed by atoms with Gasteiger partial charge in [-0.05, 0) is 25.8 Å². The fraction of sp³-hybridized carbons (Fsp3) is 0.571. The molecular weight excluding hydrogens is 236 g/mol. The summed E-state index contributed by atoms with van der Waals surface area (Å²) in [5.41, 5.74) is -0.738. The molecule has 18 heavy (non-hydrogen) atoms. The van der Waals surface area contributed by atoms with Crippen molar-refractivity contribution in [2.45, 2.75) is 44.2 Å². The minimum Gasteiger partial charge on any atom is -0.394 e. The number of hydrogen-bond donors (Lipinski definition) is 2. The Bertz CT molecular complexity index is 418. The van der Waals surface area contributed by atoms with E-state index in [-0.39, 0.29) is 18.2 Å². The Morgan fingerprint density at radius 3 is 2.61 bits per heavy atom. The lowest BCUT2D eigenvalue weighted by atomic mass is 9.91. The van der Waals surface area contributed by atoms with E-state index in [0.717, 1.165) is 31.7 Å². The summed E-state index contributed by atoms with van der Waals surface area (Å²) in [7, 11) is 0. The first-order valence-electron chi connectivity index (χ1n) is 6.40. The second-order valence-corrected chi connectivity index (χ2v) is 5.22. The number of nitrogens with one attached hydrogen (secondary N) is 1. The lowest BCUT2D eigenvalue weighted by Gasteiger charge is -2.33. The van der Waals surface area contributed by atoms with Gasteiger partial charge in [0.15, 0.2) is 11.6 Å². The number of aliphatic hydroxyl groups excluding tert-OH is 1. The summed E-state index contributed by atoms with van der Waals surface area (Å²) in [6.45, 7) is 1.45. The minimum atomic E-state index is -0.929. The van der Waals surface area contributed by atoms with E-state index in [1.165, 1.54) is 12.1 Å². The van der Waals surface area contributed by atoms with Crippen LogP contribution in [0.5, 0.6) is 0 Å². The zero-order valence-electron chi connectivity index (χ0n) is 10.5. The van der Waals surface area contributed by atoms with Crippen LogP contribution in [0.4, 0.5) is 8.78 Å². The molecule has 0 heterocycles. The van der Waals surface area contributed by atoms with Crippen molar-refractivity contribution in [1.82, 2.24) is 5.32 Å². The maximum atomic E-state index is 13.8. The van der Waals surface area contributed by atoms with Crippen molar-refractivity contribution in [2.75, 3.05) is 6.61 Å². The predicted molar refractivity (Wildman–Crippen MR) is 66.2 cm³/mol. The zero-order valence-corrected chi connectivity index (χ0v) is 10.5. The van der Waals surface area contributed by atoms with Crippen LogP contribution in [-0.2, 0) is 5.54 Å². The van der Waals surface area contributed by atoms with E-state index in [4.69, 9.17) is 0 Å². The molecule has 1 aliphatic rings. The highest BCUT2D eigenvalue weighted by molar-refractivity contribution is 5.27. The monoisotopic (exact) mass is 255 g/mol. The van der Waals surface area contributed by atoms with Gasteiger partial charge in [0.05, 0.1) is 12.1 Å². The van der Waals surface area contributed by atoms with E-state index in [1.807, 2.05) is 0 Å². The molecule has 2 nitrogen and oxygen atoms in total. The van der Waals surface area contributed by atoms with Crippen molar-refractivity contribution in [1.29, 1.82) is 0 Å². The third-order valence-corrected chi connectivity index (χ3v) is 3.74. The highest BCUT2D eigenvalue weighted by Gasteiger charge is 2.33. The van der Waals surface area contributed by atoms with Gasteiger partial charge < -0.3 is 10.4 Å². The molecule has 0 radical (unpaired) electrons. The van der Waals surface area contributed by atoms with Crippen LogP contribution in [-0.4, -0.2) is 17.8 Å². The number of rotatable bonds is 4. The largest absolute Gasteiger partial charge is 0.394 e. The molecule has 0 aromatic heterocycles. The second kappa shape index (κ2) is 5.33. The van der Waals surface area contributed by atoms with Crippen LogP contribution in [0.1, 0.15) is 38.2 Å². The van der Waals surface area contributed by atoms with Crippen molar-refractivity contribution in [3.8, 4) is 0 Å². The first kappa shape index (κ1) is 13.4. The third kappa shape index (κ3) is 2.54. The molecule has 1 aromatic rings.